The van der Waals surface area contributed by atoms with E-state index >= 15 is 0 Å². The van der Waals surface area contributed by atoms with Crippen LogP contribution in [0.3, 0.4) is 0 Å². The van der Waals surface area contributed by atoms with Crippen LogP contribution in [0, 0.1) is 0 Å². The Labute approximate surface area is 168 Å². The van der Waals surface area contributed by atoms with Gasteiger partial charge in [0.05, 0.1) is 0 Å². The SMILES string of the molecule is CC(=O)OCc1ccc2oc(=O)c(C(=O)Oc3ccccc3CI)cc2c1. The van der Waals surface area contributed by atoms with Gasteiger partial charge < -0.3 is 13.9 Å². The number of esters is 2. The Morgan fingerprint density at radius 2 is 1.89 bits per heavy atom. The van der Waals surface area contributed by atoms with Crippen molar-refractivity contribution < 1.29 is 23.5 Å². The number of hydrogen-bond donors (Lipinski definition) is 0. The molecular weight excluding hydrogens is 463 g/mol. The zero-order chi connectivity index (χ0) is 19.4. The van der Waals surface area contributed by atoms with E-state index in [4.69, 9.17) is 13.9 Å². The standard InChI is InChI=1S/C20H15IO6/c1-12(22)25-11-13-6-7-18-15(8-13)9-16(20(24)27-18)19(23)26-17-5-3-2-4-14(17)10-21/h2-9H,10-11H2,1H3. The Morgan fingerprint density at radius 1 is 1.11 bits per heavy atom. The lowest BCUT2D eigenvalue weighted by molar-refractivity contribution is -0.142. The summed E-state index contributed by atoms with van der Waals surface area (Å²) in [6.07, 6.45) is 0. The van der Waals surface area contributed by atoms with Gasteiger partial charge in [0.2, 0.25) is 0 Å². The highest BCUT2D eigenvalue weighted by molar-refractivity contribution is 14.1. The van der Waals surface area contributed by atoms with Crippen LogP contribution in [-0.4, -0.2) is 11.9 Å². The molecule has 0 aliphatic carbocycles. The molecule has 0 saturated carbocycles. The summed E-state index contributed by atoms with van der Waals surface area (Å²) in [6, 6.07) is 13.5. The maximum Gasteiger partial charge on any atom is 0.351 e. The van der Waals surface area contributed by atoms with Crippen molar-refractivity contribution in [2.45, 2.75) is 18.0 Å². The number of halogens is 1. The number of hydrogen-bond acceptors (Lipinski definition) is 6. The molecule has 0 bridgehead atoms. The van der Waals surface area contributed by atoms with Gasteiger partial charge in [-0.2, -0.15) is 0 Å². The average Bonchev–Trinajstić information content (AvgIpc) is 2.66. The van der Waals surface area contributed by atoms with E-state index < -0.39 is 17.6 Å². The predicted octanol–water partition coefficient (Wildman–Crippen LogP) is 4.01. The van der Waals surface area contributed by atoms with Crippen LogP contribution in [0.4, 0.5) is 0 Å². The molecule has 0 aliphatic rings. The molecule has 7 heteroatoms. The molecule has 0 atom stereocenters. The summed E-state index contributed by atoms with van der Waals surface area (Å²) in [5.41, 5.74) is 0.916. The summed E-state index contributed by atoms with van der Waals surface area (Å²) in [6.45, 7) is 1.41. The Hall–Kier alpha value is -2.68. The summed E-state index contributed by atoms with van der Waals surface area (Å²) >= 11 is 2.17. The van der Waals surface area contributed by atoms with Gasteiger partial charge in [0.15, 0.2) is 0 Å². The van der Waals surface area contributed by atoms with Crippen LogP contribution in [0.5, 0.6) is 5.75 Å². The molecule has 1 aromatic heterocycles. The van der Waals surface area contributed by atoms with E-state index in [0.717, 1.165) is 5.56 Å². The number of fused-ring (bicyclic) bond motifs is 1. The van der Waals surface area contributed by atoms with Gasteiger partial charge in [-0.15, -0.1) is 0 Å². The van der Waals surface area contributed by atoms with E-state index in [9.17, 15) is 14.4 Å². The van der Waals surface area contributed by atoms with Gasteiger partial charge in [-0.25, -0.2) is 9.59 Å². The van der Waals surface area contributed by atoms with Crippen LogP contribution in [0.15, 0.2) is 57.7 Å². The van der Waals surface area contributed by atoms with Gasteiger partial charge in [0.25, 0.3) is 0 Å². The van der Waals surface area contributed by atoms with Crippen molar-refractivity contribution in [1.82, 2.24) is 0 Å². The topological polar surface area (TPSA) is 82.8 Å². The fourth-order valence-corrected chi connectivity index (χ4v) is 3.09. The second-order valence-corrected chi connectivity index (χ2v) is 6.49. The Bertz CT molecular complexity index is 1070. The maximum atomic E-state index is 12.5. The molecule has 27 heavy (non-hydrogen) atoms. The molecule has 0 fully saturated rings. The van der Waals surface area contributed by atoms with Gasteiger partial charge in [0, 0.05) is 22.3 Å². The molecule has 0 spiro atoms. The predicted molar refractivity (Wildman–Crippen MR) is 107 cm³/mol. The Balaban J connectivity index is 1.93. The van der Waals surface area contributed by atoms with Gasteiger partial charge in [0.1, 0.15) is 23.5 Å². The zero-order valence-electron chi connectivity index (χ0n) is 14.4. The summed E-state index contributed by atoms with van der Waals surface area (Å²) < 4.78 is 16.2. The minimum Gasteiger partial charge on any atom is -0.461 e. The molecule has 138 valence electrons. The molecule has 0 aliphatic heterocycles. The summed E-state index contributed by atoms with van der Waals surface area (Å²) in [5.74, 6) is -0.777. The fraction of sp³-hybridized carbons (Fsp3) is 0.150. The van der Waals surface area contributed by atoms with E-state index in [1.54, 1.807) is 30.3 Å². The zero-order valence-corrected chi connectivity index (χ0v) is 16.5. The first kappa shape index (κ1) is 19.1. The highest BCUT2D eigenvalue weighted by Gasteiger charge is 2.17. The van der Waals surface area contributed by atoms with Crippen molar-refractivity contribution in [3.63, 3.8) is 0 Å². The van der Waals surface area contributed by atoms with Crippen molar-refractivity contribution >= 4 is 45.5 Å². The monoisotopic (exact) mass is 478 g/mol. The minimum absolute atomic E-state index is 0.0905. The fourth-order valence-electron chi connectivity index (χ4n) is 2.46. The molecule has 6 nitrogen and oxygen atoms in total. The molecule has 0 radical (unpaired) electrons. The Kier molecular flexibility index (Phi) is 5.90. The number of carbonyl (C=O) groups is 2. The molecule has 0 saturated heterocycles. The van der Waals surface area contributed by atoms with Crippen LogP contribution in [0.25, 0.3) is 11.0 Å². The number of para-hydroxylation sites is 1. The van der Waals surface area contributed by atoms with Crippen molar-refractivity contribution in [1.29, 1.82) is 0 Å². The van der Waals surface area contributed by atoms with Crippen LogP contribution in [-0.2, 0) is 20.6 Å². The molecule has 1 heterocycles. The molecule has 3 aromatic rings. The first-order valence-corrected chi connectivity index (χ1v) is 9.56. The van der Waals surface area contributed by atoms with Crippen molar-refractivity contribution in [3.8, 4) is 5.75 Å². The van der Waals surface area contributed by atoms with Crippen LogP contribution >= 0.6 is 22.6 Å². The first-order valence-electron chi connectivity index (χ1n) is 8.04. The van der Waals surface area contributed by atoms with Gasteiger partial charge in [-0.05, 0) is 29.8 Å². The lowest BCUT2D eigenvalue weighted by atomic mass is 10.1. The van der Waals surface area contributed by atoms with Gasteiger partial charge in [-0.3, -0.25) is 4.79 Å². The summed E-state index contributed by atoms with van der Waals surface area (Å²) in [4.78, 5) is 35.6. The molecule has 0 unspecified atom stereocenters. The summed E-state index contributed by atoms with van der Waals surface area (Å²) in [7, 11) is 0. The largest absolute Gasteiger partial charge is 0.461 e. The lowest BCUT2D eigenvalue weighted by Gasteiger charge is -2.08. The molecule has 0 N–H and O–H groups in total. The smallest absolute Gasteiger partial charge is 0.351 e. The van der Waals surface area contributed by atoms with E-state index in [2.05, 4.69) is 22.6 Å². The normalized spacial score (nSPS) is 10.6. The Morgan fingerprint density at radius 3 is 2.63 bits per heavy atom. The van der Waals surface area contributed by atoms with Crippen molar-refractivity contribution in [3.05, 3.63) is 75.6 Å². The molecule has 2 aromatic carbocycles. The average molecular weight is 478 g/mol. The number of alkyl halides is 1. The van der Waals surface area contributed by atoms with E-state index in [1.165, 1.54) is 13.0 Å². The van der Waals surface area contributed by atoms with Crippen LogP contribution in [0.1, 0.15) is 28.4 Å². The molecule has 0 amide bonds. The summed E-state index contributed by atoms with van der Waals surface area (Å²) in [5, 5.41) is 0.536. The van der Waals surface area contributed by atoms with E-state index in [0.29, 0.717) is 26.7 Å². The van der Waals surface area contributed by atoms with Crippen LogP contribution in [0.2, 0.25) is 0 Å². The number of ether oxygens (including phenoxy) is 2. The quantitative estimate of drug-likeness (QED) is 0.181. The van der Waals surface area contributed by atoms with E-state index in [-0.39, 0.29) is 12.2 Å². The van der Waals surface area contributed by atoms with E-state index in [1.807, 2.05) is 12.1 Å². The van der Waals surface area contributed by atoms with Crippen molar-refractivity contribution in [2.24, 2.45) is 0 Å². The molecule has 3 rings (SSSR count). The molecular formula is C20H15IO6. The number of benzene rings is 2. The second-order valence-electron chi connectivity index (χ2n) is 5.73. The highest BCUT2D eigenvalue weighted by Crippen LogP contribution is 2.22. The minimum atomic E-state index is -0.784. The first-order chi connectivity index (χ1) is 13.0. The van der Waals surface area contributed by atoms with Crippen molar-refractivity contribution in [2.75, 3.05) is 0 Å². The third kappa shape index (κ3) is 4.54. The van der Waals surface area contributed by atoms with Gasteiger partial charge >= 0.3 is 17.6 Å². The lowest BCUT2D eigenvalue weighted by Crippen LogP contribution is -2.19. The number of rotatable bonds is 5. The van der Waals surface area contributed by atoms with Gasteiger partial charge in [-0.1, -0.05) is 46.9 Å². The third-order valence-corrected chi connectivity index (χ3v) is 4.60. The number of carbonyl (C=O) groups excluding carboxylic acids is 2. The third-order valence-electron chi connectivity index (χ3n) is 3.78. The highest BCUT2D eigenvalue weighted by atomic mass is 127. The second kappa shape index (κ2) is 8.34. The maximum absolute atomic E-state index is 12.5. The van der Waals surface area contributed by atoms with Crippen LogP contribution < -0.4 is 10.4 Å².